The molecule has 3 nitrogen and oxygen atoms in total. The van der Waals surface area contributed by atoms with E-state index in [9.17, 15) is 4.79 Å². The number of ether oxygens (including phenoxy) is 1. The third kappa shape index (κ3) is 3.63. The van der Waals surface area contributed by atoms with Crippen molar-refractivity contribution in [2.45, 2.75) is 51.7 Å². The second-order valence-corrected chi connectivity index (χ2v) is 5.45. The molecule has 1 rings (SSSR count). The molecule has 0 bridgehead atoms. The average molecular weight is 248 g/mol. The van der Waals surface area contributed by atoms with Crippen LogP contribution in [0.15, 0.2) is 0 Å². The first kappa shape index (κ1) is 13.8. The van der Waals surface area contributed by atoms with Gasteiger partial charge in [-0.3, -0.25) is 4.79 Å². The zero-order chi connectivity index (χ0) is 12.2. The Bertz CT molecular complexity index is 237. The lowest BCUT2D eigenvalue weighted by Gasteiger charge is -2.26. The number of rotatable bonds is 5. The fraction of sp³-hybridized carbons (Fsp3) is 0.917. The Labute approximate surface area is 103 Å². The number of nitrogens with one attached hydrogen (secondary N) is 1. The summed E-state index contributed by atoms with van der Waals surface area (Å²) in [6.45, 7) is 6.79. The van der Waals surface area contributed by atoms with E-state index in [0.717, 1.165) is 19.3 Å². The van der Waals surface area contributed by atoms with E-state index in [1.54, 1.807) is 0 Å². The van der Waals surface area contributed by atoms with Gasteiger partial charge in [0.05, 0.1) is 0 Å². The first-order chi connectivity index (χ1) is 7.48. The van der Waals surface area contributed by atoms with Crippen molar-refractivity contribution in [3.63, 3.8) is 0 Å². The summed E-state index contributed by atoms with van der Waals surface area (Å²) in [5, 5.41) is 2.98. The topological polar surface area (TPSA) is 38.3 Å². The van der Waals surface area contributed by atoms with Gasteiger partial charge in [-0.1, -0.05) is 13.8 Å². The van der Waals surface area contributed by atoms with Crippen molar-refractivity contribution in [1.29, 1.82) is 0 Å². The van der Waals surface area contributed by atoms with Gasteiger partial charge in [0, 0.05) is 18.5 Å². The fourth-order valence-corrected chi connectivity index (χ4v) is 2.23. The van der Waals surface area contributed by atoms with Gasteiger partial charge >= 0.3 is 0 Å². The molecule has 0 saturated carbocycles. The lowest BCUT2D eigenvalue weighted by Crippen LogP contribution is -2.49. The lowest BCUT2D eigenvalue weighted by atomic mass is 10.00. The van der Waals surface area contributed by atoms with Crippen LogP contribution < -0.4 is 5.32 Å². The molecule has 0 aliphatic carbocycles. The minimum Gasteiger partial charge on any atom is -0.365 e. The maximum absolute atomic E-state index is 12.0. The van der Waals surface area contributed by atoms with E-state index in [2.05, 4.69) is 19.2 Å². The summed E-state index contributed by atoms with van der Waals surface area (Å²) in [6, 6.07) is 0.0511. The molecule has 1 heterocycles. The summed E-state index contributed by atoms with van der Waals surface area (Å²) in [5.74, 6) is 0.970. The van der Waals surface area contributed by atoms with E-state index in [4.69, 9.17) is 16.3 Å². The number of alkyl halides is 1. The first-order valence-corrected chi connectivity index (χ1v) is 6.52. The Morgan fingerprint density at radius 1 is 1.56 bits per heavy atom. The zero-order valence-electron chi connectivity index (χ0n) is 10.4. The van der Waals surface area contributed by atoms with Crippen molar-refractivity contribution in [3.05, 3.63) is 0 Å². The van der Waals surface area contributed by atoms with Gasteiger partial charge in [0.1, 0.15) is 5.60 Å². The van der Waals surface area contributed by atoms with E-state index >= 15 is 0 Å². The Balaban J connectivity index is 2.48. The van der Waals surface area contributed by atoms with E-state index < -0.39 is 5.60 Å². The maximum atomic E-state index is 12.0. The van der Waals surface area contributed by atoms with Crippen LogP contribution in [0.3, 0.4) is 0 Å². The highest BCUT2D eigenvalue weighted by Gasteiger charge is 2.38. The highest BCUT2D eigenvalue weighted by Crippen LogP contribution is 2.25. The van der Waals surface area contributed by atoms with E-state index in [0.29, 0.717) is 18.4 Å². The number of hydrogen-bond donors (Lipinski definition) is 1. The number of hydrogen-bond acceptors (Lipinski definition) is 2. The van der Waals surface area contributed by atoms with Gasteiger partial charge < -0.3 is 10.1 Å². The molecule has 1 N–H and O–H groups in total. The lowest BCUT2D eigenvalue weighted by molar-refractivity contribution is -0.140. The zero-order valence-corrected chi connectivity index (χ0v) is 11.1. The standard InChI is InChI=1S/C12H22ClNO2/c1-9(2)7-10(8-13)14-11(15)12(3)5-4-6-16-12/h9-10H,4-8H2,1-3H3,(H,14,15). The quantitative estimate of drug-likeness (QED) is 0.758. The smallest absolute Gasteiger partial charge is 0.252 e. The van der Waals surface area contributed by atoms with E-state index in [-0.39, 0.29) is 11.9 Å². The van der Waals surface area contributed by atoms with Crippen molar-refractivity contribution < 1.29 is 9.53 Å². The maximum Gasteiger partial charge on any atom is 0.252 e. The van der Waals surface area contributed by atoms with Crippen LogP contribution in [0.4, 0.5) is 0 Å². The minimum absolute atomic E-state index is 0.0173. The molecule has 0 aromatic carbocycles. The van der Waals surface area contributed by atoms with Gasteiger partial charge in [-0.2, -0.15) is 0 Å². The molecular formula is C12H22ClNO2. The molecule has 1 fully saturated rings. The second kappa shape index (κ2) is 5.87. The van der Waals surface area contributed by atoms with Gasteiger partial charge in [0.15, 0.2) is 0 Å². The largest absolute Gasteiger partial charge is 0.365 e. The number of carbonyl (C=O) groups excluding carboxylic acids is 1. The monoisotopic (exact) mass is 247 g/mol. The van der Waals surface area contributed by atoms with Crippen LogP contribution in [-0.2, 0) is 9.53 Å². The highest BCUT2D eigenvalue weighted by molar-refractivity contribution is 6.18. The summed E-state index contributed by atoms with van der Waals surface area (Å²) >= 11 is 5.85. The summed E-state index contributed by atoms with van der Waals surface area (Å²) in [6.07, 6.45) is 2.67. The average Bonchev–Trinajstić information content (AvgIpc) is 2.64. The molecule has 2 atom stereocenters. The summed E-state index contributed by atoms with van der Waals surface area (Å²) in [7, 11) is 0. The molecule has 1 saturated heterocycles. The Hall–Kier alpha value is -0.280. The van der Waals surface area contributed by atoms with Crippen molar-refractivity contribution >= 4 is 17.5 Å². The van der Waals surface area contributed by atoms with Crippen LogP contribution in [0, 0.1) is 5.92 Å². The van der Waals surface area contributed by atoms with Crippen LogP contribution >= 0.6 is 11.6 Å². The van der Waals surface area contributed by atoms with Crippen molar-refractivity contribution in [2.75, 3.05) is 12.5 Å². The number of amides is 1. The number of carbonyl (C=O) groups is 1. The fourth-order valence-electron chi connectivity index (χ4n) is 2.03. The van der Waals surface area contributed by atoms with Crippen molar-refractivity contribution in [1.82, 2.24) is 5.32 Å². The molecule has 0 aromatic rings. The van der Waals surface area contributed by atoms with Crippen LogP contribution in [0.1, 0.15) is 40.0 Å². The molecule has 1 aliphatic rings. The van der Waals surface area contributed by atoms with Gasteiger partial charge in [-0.25, -0.2) is 0 Å². The summed E-state index contributed by atoms with van der Waals surface area (Å²) < 4.78 is 5.50. The number of halogens is 1. The Kier molecular flexibility index (Phi) is 5.06. The molecule has 0 spiro atoms. The molecule has 16 heavy (non-hydrogen) atoms. The first-order valence-electron chi connectivity index (χ1n) is 5.99. The van der Waals surface area contributed by atoms with Crippen molar-refractivity contribution in [3.8, 4) is 0 Å². The van der Waals surface area contributed by atoms with E-state index in [1.165, 1.54) is 0 Å². The van der Waals surface area contributed by atoms with Gasteiger partial charge in [-0.05, 0) is 32.1 Å². The summed E-state index contributed by atoms with van der Waals surface area (Å²) in [4.78, 5) is 12.0. The molecule has 1 aliphatic heterocycles. The van der Waals surface area contributed by atoms with Crippen LogP contribution in [0.25, 0.3) is 0 Å². The van der Waals surface area contributed by atoms with Crippen molar-refractivity contribution in [2.24, 2.45) is 5.92 Å². The molecule has 4 heteroatoms. The Morgan fingerprint density at radius 3 is 2.69 bits per heavy atom. The SMILES string of the molecule is CC(C)CC(CCl)NC(=O)C1(C)CCCO1. The van der Waals surface area contributed by atoms with Crippen LogP contribution in [0.5, 0.6) is 0 Å². The predicted molar refractivity (Wildman–Crippen MR) is 65.7 cm³/mol. The van der Waals surface area contributed by atoms with Crippen LogP contribution in [0.2, 0.25) is 0 Å². The van der Waals surface area contributed by atoms with Gasteiger partial charge in [0.2, 0.25) is 0 Å². The molecule has 94 valence electrons. The minimum atomic E-state index is -0.638. The molecule has 0 aromatic heterocycles. The molecule has 1 amide bonds. The second-order valence-electron chi connectivity index (χ2n) is 5.14. The Morgan fingerprint density at radius 2 is 2.25 bits per heavy atom. The summed E-state index contributed by atoms with van der Waals surface area (Å²) in [5.41, 5.74) is -0.638. The molecule has 0 radical (unpaired) electrons. The highest BCUT2D eigenvalue weighted by atomic mass is 35.5. The van der Waals surface area contributed by atoms with Gasteiger partial charge in [-0.15, -0.1) is 11.6 Å². The third-order valence-electron chi connectivity index (χ3n) is 2.98. The normalized spacial score (nSPS) is 27.1. The third-order valence-corrected chi connectivity index (χ3v) is 3.35. The van der Waals surface area contributed by atoms with E-state index in [1.807, 2.05) is 6.92 Å². The molecule has 2 unspecified atom stereocenters. The predicted octanol–water partition coefficient (Wildman–Crippen LogP) is 2.33. The molecular weight excluding hydrogens is 226 g/mol. The van der Waals surface area contributed by atoms with Gasteiger partial charge in [0.25, 0.3) is 5.91 Å². The van der Waals surface area contributed by atoms with Crippen LogP contribution in [-0.4, -0.2) is 30.0 Å².